The summed E-state index contributed by atoms with van der Waals surface area (Å²) in [6, 6.07) is 11.3. The normalized spacial score (nSPS) is 10.8. The second kappa shape index (κ2) is 4.24. The molecule has 1 aromatic carbocycles. The zero-order valence-corrected chi connectivity index (χ0v) is 10.4. The van der Waals surface area contributed by atoms with E-state index in [9.17, 15) is 9.90 Å². The lowest BCUT2D eigenvalue weighted by molar-refractivity contribution is 0.198. The Kier molecular flexibility index (Phi) is 2.56. The van der Waals surface area contributed by atoms with Gasteiger partial charge < -0.3 is 5.11 Å². The van der Waals surface area contributed by atoms with Crippen LogP contribution in [0.15, 0.2) is 48.8 Å². The van der Waals surface area contributed by atoms with Crippen LogP contribution >= 0.6 is 0 Å². The van der Waals surface area contributed by atoms with E-state index in [0.29, 0.717) is 11.2 Å². The first kappa shape index (κ1) is 11.5. The van der Waals surface area contributed by atoms with Gasteiger partial charge in [-0.05, 0) is 37.3 Å². The number of rotatable bonds is 1. The Morgan fingerprint density at radius 1 is 1.26 bits per heavy atom. The van der Waals surface area contributed by atoms with Gasteiger partial charge in [-0.1, -0.05) is 11.6 Å². The number of fused-ring (bicyclic) bond motifs is 1. The third-order valence-electron chi connectivity index (χ3n) is 3.11. The Balaban J connectivity index is 2.35. The van der Waals surface area contributed by atoms with Gasteiger partial charge in [0.05, 0.1) is 11.2 Å². The summed E-state index contributed by atoms with van der Waals surface area (Å²) >= 11 is 0. The van der Waals surface area contributed by atoms with Gasteiger partial charge in [0.15, 0.2) is 0 Å². The maximum Gasteiger partial charge on any atom is 0.416 e. The molecule has 3 aromatic rings. The van der Waals surface area contributed by atoms with Gasteiger partial charge in [-0.15, -0.1) is 0 Å². The third-order valence-corrected chi connectivity index (χ3v) is 3.11. The van der Waals surface area contributed by atoms with E-state index in [-0.39, 0.29) is 0 Å². The van der Waals surface area contributed by atoms with Crippen molar-refractivity contribution in [1.82, 2.24) is 9.55 Å². The molecule has 3 rings (SSSR count). The molecule has 0 aliphatic carbocycles. The van der Waals surface area contributed by atoms with E-state index in [1.807, 2.05) is 37.3 Å². The highest BCUT2D eigenvalue weighted by Gasteiger charge is 2.15. The number of aromatic nitrogens is 2. The van der Waals surface area contributed by atoms with Crippen LogP contribution in [0.4, 0.5) is 4.79 Å². The van der Waals surface area contributed by atoms with Crippen molar-refractivity contribution < 1.29 is 9.90 Å². The maximum atomic E-state index is 11.5. The molecule has 0 unspecified atom stereocenters. The molecule has 2 heterocycles. The lowest BCUT2D eigenvalue weighted by atomic mass is 10.1. The lowest BCUT2D eigenvalue weighted by Gasteiger charge is -2.04. The highest BCUT2D eigenvalue weighted by molar-refractivity contribution is 5.95. The minimum Gasteiger partial charge on any atom is -0.464 e. The molecule has 1 N–H and O–H groups in total. The molecule has 4 nitrogen and oxygen atoms in total. The molecule has 0 saturated heterocycles. The summed E-state index contributed by atoms with van der Waals surface area (Å²) in [4.78, 5) is 15.5. The first-order valence-electron chi connectivity index (χ1n) is 5.92. The molecule has 2 aromatic heterocycles. The Labute approximate surface area is 109 Å². The van der Waals surface area contributed by atoms with Crippen molar-refractivity contribution in [2.24, 2.45) is 0 Å². The quantitative estimate of drug-likeness (QED) is 0.720. The number of carbonyl (C=O) groups is 1. The number of benzene rings is 1. The summed E-state index contributed by atoms with van der Waals surface area (Å²) < 4.78 is 1.30. The number of hydrogen-bond donors (Lipinski definition) is 1. The largest absolute Gasteiger partial charge is 0.464 e. The summed E-state index contributed by atoms with van der Waals surface area (Å²) in [5.74, 6) is 0. The third kappa shape index (κ3) is 1.87. The lowest BCUT2D eigenvalue weighted by Crippen LogP contribution is -2.09. The van der Waals surface area contributed by atoms with Gasteiger partial charge in [-0.3, -0.25) is 4.98 Å². The monoisotopic (exact) mass is 252 g/mol. The van der Waals surface area contributed by atoms with Crippen molar-refractivity contribution in [1.29, 1.82) is 0 Å². The SMILES string of the molecule is Cc1ccc2c(c1)cc(-c1cccnc1)n2C(=O)O. The highest BCUT2D eigenvalue weighted by atomic mass is 16.4. The van der Waals surface area contributed by atoms with Crippen LogP contribution in [0.3, 0.4) is 0 Å². The molecule has 0 saturated carbocycles. The Hall–Kier alpha value is -2.62. The van der Waals surface area contributed by atoms with Crippen LogP contribution in [0, 0.1) is 6.92 Å². The fourth-order valence-electron chi connectivity index (χ4n) is 2.27. The van der Waals surface area contributed by atoms with Crippen LogP contribution in [0.2, 0.25) is 0 Å². The van der Waals surface area contributed by atoms with Crippen LogP contribution in [0.1, 0.15) is 5.56 Å². The summed E-state index contributed by atoms with van der Waals surface area (Å²) in [5.41, 5.74) is 3.23. The van der Waals surface area contributed by atoms with Gasteiger partial charge in [-0.2, -0.15) is 0 Å². The van der Waals surface area contributed by atoms with Crippen LogP contribution < -0.4 is 0 Å². The topological polar surface area (TPSA) is 55.1 Å². The Morgan fingerprint density at radius 3 is 2.79 bits per heavy atom. The fraction of sp³-hybridized carbons (Fsp3) is 0.0667. The van der Waals surface area contributed by atoms with Crippen molar-refractivity contribution in [3.63, 3.8) is 0 Å². The standard InChI is InChI=1S/C15H12N2O2/c1-10-4-5-13-12(7-10)8-14(17(13)15(18)19)11-3-2-6-16-9-11/h2-9H,1H3,(H,18,19). The molecule has 0 radical (unpaired) electrons. The van der Waals surface area contributed by atoms with E-state index in [4.69, 9.17) is 0 Å². The van der Waals surface area contributed by atoms with E-state index in [1.54, 1.807) is 18.5 Å². The van der Waals surface area contributed by atoms with Crippen molar-refractivity contribution in [2.75, 3.05) is 0 Å². The molecule has 94 valence electrons. The molecule has 0 aliphatic rings. The highest BCUT2D eigenvalue weighted by Crippen LogP contribution is 2.28. The summed E-state index contributed by atoms with van der Waals surface area (Å²) in [5, 5.41) is 10.3. The molecule has 0 amide bonds. The fourth-order valence-corrected chi connectivity index (χ4v) is 2.27. The van der Waals surface area contributed by atoms with Gasteiger partial charge in [-0.25, -0.2) is 9.36 Å². The molecule has 0 fully saturated rings. The van der Waals surface area contributed by atoms with E-state index in [1.165, 1.54) is 4.57 Å². The minimum atomic E-state index is -0.988. The number of pyridine rings is 1. The van der Waals surface area contributed by atoms with E-state index >= 15 is 0 Å². The first-order valence-corrected chi connectivity index (χ1v) is 5.92. The average Bonchev–Trinajstić information content (AvgIpc) is 2.78. The average molecular weight is 252 g/mol. The molecule has 0 atom stereocenters. The molecular weight excluding hydrogens is 240 g/mol. The molecular formula is C15H12N2O2. The Morgan fingerprint density at radius 2 is 2.11 bits per heavy atom. The van der Waals surface area contributed by atoms with E-state index in [0.717, 1.165) is 16.5 Å². The molecule has 4 heteroatoms. The van der Waals surface area contributed by atoms with E-state index < -0.39 is 6.09 Å². The number of aryl methyl sites for hydroxylation is 1. The van der Waals surface area contributed by atoms with Gasteiger partial charge in [0, 0.05) is 23.3 Å². The minimum absolute atomic E-state index is 0.640. The van der Waals surface area contributed by atoms with Gasteiger partial charge in [0.1, 0.15) is 0 Å². The molecule has 0 aliphatic heterocycles. The predicted molar refractivity (Wildman–Crippen MR) is 73.3 cm³/mol. The summed E-state index contributed by atoms with van der Waals surface area (Å²) in [6.07, 6.45) is 2.35. The van der Waals surface area contributed by atoms with Crippen LogP contribution in [-0.2, 0) is 0 Å². The first-order chi connectivity index (χ1) is 9.16. The van der Waals surface area contributed by atoms with Gasteiger partial charge in [0.25, 0.3) is 0 Å². The maximum absolute atomic E-state index is 11.5. The Bertz CT molecular complexity index is 760. The van der Waals surface area contributed by atoms with Crippen molar-refractivity contribution in [3.8, 4) is 11.3 Å². The zero-order chi connectivity index (χ0) is 13.4. The molecule has 0 spiro atoms. The number of carboxylic acid groups (broad SMARTS) is 1. The second-order valence-corrected chi connectivity index (χ2v) is 4.45. The second-order valence-electron chi connectivity index (χ2n) is 4.45. The zero-order valence-electron chi connectivity index (χ0n) is 10.4. The van der Waals surface area contributed by atoms with Gasteiger partial charge >= 0.3 is 6.09 Å². The number of hydrogen-bond acceptors (Lipinski definition) is 2. The molecule has 19 heavy (non-hydrogen) atoms. The number of nitrogens with zero attached hydrogens (tertiary/aromatic N) is 2. The summed E-state index contributed by atoms with van der Waals surface area (Å²) in [7, 11) is 0. The van der Waals surface area contributed by atoms with Crippen LogP contribution in [0.5, 0.6) is 0 Å². The van der Waals surface area contributed by atoms with Crippen molar-refractivity contribution >= 4 is 17.0 Å². The van der Waals surface area contributed by atoms with Crippen molar-refractivity contribution in [3.05, 3.63) is 54.4 Å². The molecule has 0 bridgehead atoms. The smallest absolute Gasteiger partial charge is 0.416 e. The van der Waals surface area contributed by atoms with Crippen LogP contribution in [-0.4, -0.2) is 20.8 Å². The van der Waals surface area contributed by atoms with Crippen molar-refractivity contribution in [2.45, 2.75) is 6.92 Å². The summed E-state index contributed by atoms with van der Waals surface area (Å²) in [6.45, 7) is 1.99. The predicted octanol–water partition coefficient (Wildman–Crippen LogP) is 3.54. The van der Waals surface area contributed by atoms with Crippen LogP contribution in [0.25, 0.3) is 22.2 Å². The van der Waals surface area contributed by atoms with E-state index in [2.05, 4.69) is 4.98 Å². The van der Waals surface area contributed by atoms with Gasteiger partial charge in [0.2, 0.25) is 0 Å².